The van der Waals surface area contributed by atoms with Crippen molar-refractivity contribution < 1.29 is 19.2 Å². The number of thiophene rings is 1. The second-order valence-corrected chi connectivity index (χ2v) is 7.31. The van der Waals surface area contributed by atoms with Gasteiger partial charge in [0.15, 0.2) is 12.4 Å². The van der Waals surface area contributed by atoms with Crippen molar-refractivity contribution in [3.8, 4) is 5.75 Å². The average molecular weight is 401 g/mol. The highest BCUT2D eigenvalue weighted by Crippen LogP contribution is 2.34. The monoisotopic (exact) mass is 401 g/mol. The zero-order valence-electron chi connectivity index (χ0n) is 14.6. The van der Waals surface area contributed by atoms with Gasteiger partial charge in [-0.3, -0.25) is 14.9 Å². The normalized spacial score (nSPS) is 12.7. The summed E-state index contributed by atoms with van der Waals surface area (Å²) in [5.41, 5.74) is 0.610. The van der Waals surface area contributed by atoms with Crippen LogP contribution in [0, 0.1) is 10.1 Å². The summed E-state index contributed by atoms with van der Waals surface area (Å²) >= 11 is 1.50. The molecule has 0 atom stereocenters. The minimum atomic E-state index is -0.727. The lowest BCUT2D eigenvalue weighted by Gasteiger charge is -2.07. The smallest absolute Gasteiger partial charge is 0.344 e. The molecule has 3 aromatic rings. The predicted molar refractivity (Wildman–Crippen MR) is 101 cm³/mol. The number of nitrogens with one attached hydrogen (secondary N) is 1. The summed E-state index contributed by atoms with van der Waals surface area (Å²) in [6.07, 6.45) is 2.90. The van der Waals surface area contributed by atoms with Crippen molar-refractivity contribution in [3.05, 3.63) is 61.0 Å². The molecular weight excluding hydrogens is 386 g/mol. The Morgan fingerprint density at radius 2 is 2.14 bits per heavy atom. The van der Waals surface area contributed by atoms with E-state index in [4.69, 9.17) is 9.47 Å². The van der Waals surface area contributed by atoms with Crippen LogP contribution in [-0.4, -0.2) is 27.5 Å². The Labute approximate surface area is 162 Å². The van der Waals surface area contributed by atoms with Crippen molar-refractivity contribution in [1.29, 1.82) is 0 Å². The van der Waals surface area contributed by atoms with Gasteiger partial charge in [0.25, 0.3) is 5.56 Å². The molecule has 0 spiro atoms. The topological polar surface area (TPSA) is 124 Å². The van der Waals surface area contributed by atoms with Gasteiger partial charge in [0.05, 0.1) is 10.3 Å². The third-order valence-electron chi connectivity index (χ3n) is 4.40. The molecule has 1 N–H and O–H groups in total. The van der Waals surface area contributed by atoms with Crippen molar-refractivity contribution >= 4 is 33.2 Å². The zero-order valence-corrected chi connectivity index (χ0v) is 15.4. The summed E-state index contributed by atoms with van der Waals surface area (Å²) < 4.78 is 10.2. The summed E-state index contributed by atoms with van der Waals surface area (Å²) in [6, 6.07) is 5.75. The van der Waals surface area contributed by atoms with Gasteiger partial charge in [-0.25, -0.2) is 9.78 Å². The fourth-order valence-corrected chi connectivity index (χ4v) is 4.45. The molecule has 2 aromatic heterocycles. The summed E-state index contributed by atoms with van der Waals surface area (Å²) in [4.78, 5) is 43.5. The number of benzene rings is 1. The Kier molecular flexibility index (Phi) is 4.78. The molecule has 0 saturated heterocycles. The third-order valence-corrected chi connectivity index (χ3v) is 5.59. The Morgan fingerprint density at radius 3 is 2.96 bits per heavy atom. The van der Waals surface area contributed by atoms with E-state index in [1.54, 1.807) is 6.07 Å². The van der Waals surface area contributed by atoms with Gasteiger partial charge < -0.3 is 14.5 Å². The largest absolute Gasteiger partial charge is 0.475 e. The summed E-state index contributed by atoms with van der Waals surface area (Å²) in [7, 11) is 0. The van der Waals surface area contributed by atoms with Crippen LogP contribution in [-0.2, 0) is 29.0 Å². The highest BCUT2D eigenvalue weighted by atomic mass is 32.1. The van der Waals surface area contributed by atoms with Crippen LogP contribution < -0.4 is 10.3 Å². The first kappa shape index (κ1) is 18.1. The van der Waals surface area contributed by atoms with Gasteiger partial charge >= 0.3 is 11.7 Å². The third kappa shape index (κ3) is 3.46. The SMILES string of the molecule is O=C(COc1ccccc1[N+](=O)[O-])OCc1nc2sc3c(c2c(=O)[nH]1)CCC3. The van der Waals surface area contributed by atoms with Gasteiger partial charge in [0.1, 0.15) is 17.3 Å². The first-order chi connectivity index (χ1) is 13.5. The number of hydrogen-bond acceptors (Lipinski definition) is 8. The molecule has 2 heterocycles. The first-order valence-electron chi connectivity index (χ1n) is 8.58. The quantitative estimate of drug-likeness (QED) is 0.382. The molecule has 1 aliphatic carbocycles. The van der Waals surface area contributed by atoms with E-state index in [2.05, 4.69) is 9.97 Å². The van der Waals surface area contributed by atoms with E-state index in [0.717, 1.165) is 24.8 Å². The number of ether oxygens (including phenoxy) is 2. The number of esters is 1. The van der Waals surface area contributed by atoms with E-state index in [1.165, 1.54) is 34.4 Å². The fourth-order valence-electron chi connectivity index (χ4n) is 3.17. The highest BCUT2D eigenvalue weighted by molar-refractivity contribution is 7.18. The molecule has 28 heavy (non-hydrogen) atoms. The molecule has 0 saturated carbocycles. The average Bonchev–Trinajstić information content (AvgIpc) is 3.25. The number of H-pyrrole nitrogens is 1. The number of aromatic amines is 1. The standard InChI is InChI=1S/C18H15N3O6S/c22-15(9-26-12-6-2-1-5-11(12)21(24)25)27-8-14-19-17(23)16-10-4-3-7-13(10)28-18(16)20-14/h1-2,5-6H,3-4,7-9H2,(H,19,20,23). The lowest BCUT2D eigenvalue weighted by Crippen LogP contribution is -2.18. The van der Waals surface area contributed by atoms with E-state index in [0.29, 0.717) is 10.2 Å². The van der Waals surface area contributed by atoms with E-state index in [1.807, 2.05) is 0 Å². The van der Waals surface area contributed by atoms with Gasteiger partial charge in [-0.15, -0.1) is 11.3 Å². The molecule has 144 valence electrons. The van der Waals surface area contributed by atoms with Crippen molar-refractivity contribution in [3.63, 3.8) is 0 Å². The number of rotatable bonds is 6. The van der Waals surface area contributed by atoms with Crippen molar-refractivity contribution in [1.82, 2.24) is 9.97 Å². The number of aromatic nitrogens is 2. The van der Waals surface area contributed by atoms with Crippen LogP contribution in [0.2, 0.25) is 0 Å². The molecule has 10 heteroatoms. The number of nitro benzene ring substituents is 1. The van der Waals surface area contributed by atoms with Gasteiger partial charge in [-0.2, -0.15) is 0 Å². The molecule has 0 bridgehead atoms. The lowest BCUT2D eigenvalue weighted by molar-refractivity contribution is -0.385. The van der Waals surface area contributed by atoms with Crippen molar-refractivity contribution in [2.24, 2.45) is 0 Å². The van der Waals surface area contributed by atoms with E-state index in [9.17, 15) is 19.7 Å². The molecule has 4 rings (SSSR count). The van der Waals surface area contributed by atoms with Crippen LogP contribution in [0.1, 0.15) is 22.7 Å². The van der Waals surface area contributed by atoms with Gasteiger partial charge in [-0.1, -0.05) is 12.1 Å². The summed E-state index contributed by atoms with van der Waals surface area (Å²) in [6.45, 7) is -0.711. The molecule has 0 unspecified atom stereocenters. The van der Waals surface area contributed by atoms with Gasteiger partial charge in [0.2, 0.25) is 0 Å². The number of para-hydroxylation sites is 2. The maximum absolute atomic E-state index is 12.4. The number of nitro groups is 1. The van der Waals surface area contributed by atoms with Gasteiger partial charge in [0, 0.05) is 10.9 Å². The minimum absolute atomic E-state index is 0.0227. The molecule has 0 fully saturated rings. The number of aryl methyl sites for hydroxylation is 2. The maximum Gasteiger partial charge on any atom is 0.344 e. The molecule has 0 radical (unpaired) electrons. The zero-order chi connectivity index (χ0) is 19.7. The van der Waals surface area contributed by atoms with Gasteiger partial charge in [-0.05, 0) is 30.9 Å². The number of fused-ring (bicyclic) bond motifs is 3. The van der Waals surface area contributed by atoms with E-state index in [-0.39, 0.29) is 29.4 Å². The van der Waals surface area contributed by atoms with Crippen molar-refractivity contribution in [2.45, 2.75) is 25.9 Å². The molecule has 1 aliphatic rings. The molecule has 0 aliphatic heterocycles. The van der Waals surface area contributed by atoms with Crippen LogP contribution in [0.25, 0.3) is 10.2 Å². The van der Waals surface area contributed by atoms with Crippen LogP contribution >= 0.6 is 11.3 Å². The van der Waals surface area contributed by atoms with E-state index >= 15 is 0 Å². The summed E-state index contributed by atoms with van der Waals surface area (Å²) in [5, 5.41) is 11.6. The van der Waals surface area contributed by atoms with Crippen LogP contribution in [0.15, 0.2) is 29.1 Å². The number of carbonyl (C=O) groups excluding carboxylic acids is 1. The Morgan fingerprint density at radius 1 is 1.32 bits per heavy atom. The van der Waals surface area contributed by atoms with Crippen LogP contribution in [0.4, 0.5) is 5.69 Å². The molecule has 9 nitrogen and oxygen atoms in total. The maximum atomic E-state index is 12.4. The molecule has 0 amide bonds. The molecule has 1 aromatic carbocycles. The summed E-state index contributed by atoms with van der Waals surface area (Å²) in [5.74, 6) is -0.503. The number of hydrogen-bond donors (Lipinski definition) is 1. The Bertz CT molecular complexity index is 1140. The Hall–Kier alpha value is -3.27. The van der Waals surface area contributed by atoms with E-state index < -0.39 is 17.5 Å². The molecular formula is C18H15N3O6S. The first-order valence-corrected chi connectivity index (χ1v) is 9.40. The van der Waals surface area contributed by atoms with Crippen molar-refractivity contribution in [2.75, 3.05) is 6.61 Å². The minimum Gasteiger partial charge on any atom is -0.475 e. The second kappa shape index (κ2) is 7.39. The number of carbonyl (C=O) groups is 1. The lowest BCUT2D eigenvalue weighted by atomic mass is 10.2. The second-order valence-electron chi connectivity index (χ2n) is 6.22. The fraction of sp³-hybridized carbons (Fsp3) is 0.278. The Balaban J connectivity index is 1.40. The highest BCUT2D eigenvalue weighted by Gasteiger charge is 2.21. The van der Waals surface area contributed by atoms with Crippen LogP contribution in [0.5, 0.6) is 5.75 Å². The predicted octanol–water partition coefficient (Wildman–Crippen LogP) is 2.50. The number of nitrogens with zero attached hydrogens (tertiary/aromatic N) is 2. The van der Waals surface area contributed by atoms with Crippen LogP contribution in [0.3, 0.4) is 0 Å².